The van der Waals surface area contributed by atoms with Crippen LogP contribution in [0.1, 0.15) is 176 Å². The van der Waals surface area contributed by atoms with E-state index >= 15 is 81.5 Å². The summed E-state index contributed by atoms with van der Waals surface area (Å²) < 4.78 is 222. The Morgan fingerprint density at radius 1 is 0.312 bits per heavy atom. The van der Waals surface area contributed by atoms with Gasteiger partial charge in [0.15, 0.2) is 0 Å². The first-order chi connectivity index (χ1) is 60.4. The molecule has 0 fully saturated rings. The quantitative estimate of drug-likeness (QED) is 0.0282. The van der Waals surface area contributed by atoms with Crippen molar-refractivity contribution in [1.82, 2.24) is 20.4 Å². The Hall–Kier alpha value is -13.7. The monoisotopic (exact) mass is 1760 g/mol. The second kappa shape index (κ2) is 31.7. The van der Waals surface area contributed by atoms with Crippen molar-refractivity contribution < 1.29 is 109 Å². The molecule has 17 rings (SSSR count). The number of nitrogens with one attached hydrogen (secondary N) is 2. The molecular formula is C100H80F12N4O12. The van der Waals surface area contributed by atoms with Crippen LogP contribution in [0.3, 0.4) is 0 Å². The predicted octanol–water partition coefficient (Wildman–Crippen LogP) is 26.1. The van der Waals surface area contributed by atoms with E-state index in [0.29, 0.717) is 55.0 Å². The number of aryl methyl sites for hydroxylation is 4. The Morgan fingerprint density at radius 3 is 0.820 bits per heavy atom. The molecule has 2 N–H and O–H groups in total. The summed E-state index contributed by atoms with van der Waals surface area (Å²) in [6, 6.07) is 32.9. The third-order valence-electron chi connectivity index (χ3n) is 24.2. The number of halogens is 12. The first-order valence-corrected chi connectivity index (χ1v) is 41.4. The van der Waals surface area contributed by atoms with E-state index in [2.05, 4.69) is 0 Å². The van der Waals surface area contributed by atoms with E-state index < -0.39 is 119 Å². The minimum Gasteiger partial charge on any atom is -0.456 e. The maximum atomic E-state index is 16.9. The molecule has 2 aliphatic rings. The molecule has 2 aromatic heterocycles. The van der Waals surface area contributed by atoms with Crippen LogP contribution >= 0.6 is 0 Å². The number of nitrogens with zero attached hydrogens (tertiary/aromatic N) is 2. The van der Waals surface area contributed by atoms with Gasteiger partial charge in [-0.3, -0.25) is 38.6 Å². The number of fused-ring (bicyclic) bond motifs is 8. The highest BCUT2D eigenvalue weighted by Crippen LogP contribution is 2.59. The lowest BCUT2D eigenvalue weighted by Crippen LogP contribution is -2.61. The van der Waals surface area contributed by atoms with E-state index in [1.165, 1.54) is 36.4 Å². The Bertz CT molecular complexity index is 6480. The number of para-hydroxylation sites is 2. The normalized spacial score (nSPS) is 14.1. The highest BCUT2D eigenvalue weighted by molar-refractivity contribution is 6.45. The minimum atomic E-state index is -6.22. The molecule has 0 spiro atoms. The van der Waals surface area contributed by atoms with Crippen molar-refractivity contribution in [2.45, 2.75) is 168 Å². The average Bonchev–Trinajstić information content (AvgIpc) is 0.841. The summed E-state index contributed by atoms with van der Waals surface area (Å²) >= 11 is 0. The van der Waals surface area contributed by atoms with Crippen LogP contribution in [0.4, 0.5) is 52.7 Å². The van der Waals surface area contributed by atoms with Crippen LogP contribution in [0.2, 0.25) is 0 Å². The van der Waals surface area contributed by atoms with Crippen LogP contribution in [0.5, 0.6) is 46.0 Å². The number of carbonyl (C=O) groups is 6. The van der Waals surface area contributed by atoms with Gasteiger partial charge >= 0.3 is 24.7 Å². The Morgan fingerprint density at radius 2 is 0.570 bits per heavy atom. The number of benzene rings is 13. The molecule has 13 aromatic carbocycles. The first-order valence-electron chi connectivity index (χ1n) is 41.4. The number of alkyl halides is 12. The summed E-state index contributed by atoms with van der Waals surface area (Å²) in [7, 11) is 0. The number of hydrogen-bond donors (Lipinski definition) is 2. The van der Waals surface area contributed by atoms with E-state index in [1.807, 2.05) is 79.7 Å². The molecule has 2 atom stereocenters. The number of furan rings is 2. The molecule has 15 aromatic rings. The topological polar surface area (TPSA) is 196 Å². The van der Waals surface area contributed by atoms with Gasteiger partial charge in [-0.15, -0.1) is 0 Å². The molecule has 2 aliphatic heterocycles. The molecule has 6 amide bonds. The van der Waals surface area contributed by atoms with Crippen molar-refractivity contribution in [3.05, 3.63) is 260 Å². The van der Waals surface area contributed by atoms with Gasteiger partial charge in [0.05, 0.1) is 22.3 Å². The molecule has 0 radical (unpaired) electrons. The predicted molar refractivity (Wildman–Crippen MR) is 461 cm³/mol. The summed E-state index contributed by atoms with van der Waals surface area (Å²) in [4.78, 5) is 98.9. The van der Waals surface area contributed by atoms with Gasteiger partial charge in [0.25, 0.3) is 23.6 Å². The molecule has 0 saturated heterocycles. The minimum absolute atomic E-state index is 0.0152. The van der Waals surface area contributed by atoms with Gasteiger partial charge < -0.3 is 38.4 Å². The third-order valence-corrected chi connectivity index (χ3v) is 24.2. The van der Waals surface area contributed by atoms with Crippen LogP contribution in [0.25, 0.3) is 87.0 Å². The fraction of sp³-hybridized carbons (Fsp3) is 0.260. The zero-order chi connectivity index (χ0) is 91.5. The van der Waals surface area contributed by atoms with E-state index in [-0.39, 0.29) is 145 Å². The molecular weight excluding hydrogens is 1680 g/mol. The van der Waals surface area contributed by atoms with Gasteiger partial charge in [-0.25, -0.2) is 0 Å². The molecule has 0 saturated carbocycles. The highest BCUT2D eigenvalue weighted by atomic mass is 19.4. The van der Waals surface area contributed by atoms with Crippen molar-refractivity contribution in [3.63, 3.8) is 0 Å². The zero-order valence-corrected chi connectivity index (χ0v) is 70.7. The molecule has 656 valence electrons. The van der Waals surface area contributed by atoms with E-state index in [0.717, 1.165) is 57.2 Å². The fourth-order valence-electron chi connectivity index (χ4n) is 17.5. The molecule has 2 unspecified atom stereocenters. The van der Waals surface area contributed by atoms with E-state index in [4.69, 9.17) is 27.8 Å². The third kappa shape index (κ3) is 15.2. The smallest absolute Gasteiger partial charge is 0.417 e. The molecule has 128 heavy (non-hydrogen) atoms. The summed E-state index contributed by atoms with van der Waals surface area (Å²) in [5.41, 5.74) is 4.11. The molecule has 4 heterocycles. The van der Waals surface area contributed by atoms with Crippen LogP contribution < -0.4 is 29.6 Å². The molecule has 28 heteroatoms. The Labute approximate surface area is 722 Å². The van der Waals surface area contributed by atoms with Crippen molar-refractivity contribution >= 4 is 122 Å². The van der Waals surface area contributed by atoms with Crippen LogP contribution in [-0.4, -0.2) is 94.1 Å². The van der Waals surface area contributed by atoms with Gasteiger partial charge in [-0.05, 0) is 192 Å². The second-order valence-corrected chi connectivity index (χ2v) is 34.1. The van der Waals surface area contributed by atoms with Crippen molar-refractivity contribution in [2.75, 3.05) is 0 Å². The van der Waals surface area contributed by atoms with Crippen LogP contribution in [-0.2, 0) is 22.4 Å². The lowest BCUT2D eigenvalue weighted by molar-refractivity contribution is -0.259. The fourth-order valence-corrected chi connectivity index (χ4v) is 17.5. The Kier molecular flexibility index (Phi) is 21.4. The maximum Gasteiger partial charge on any atom is 0.417 e. The van der Waals surface area contributed by atoms with Crippen LogP contribution in [0, 0.1) is 27.7 Å². The highest BCUT2D eigenvalue weighted by Gasteiger charge is 2.60. The van der Waals surface area contributed by atoms with E-state index in [9.17, 15) is 0 Å². The zero-order valence-electron chi connectivity index (χ0n) is 70.7. The number of ether oxygens (including phenoxy) is 4. The number of hydrogen-bond acceptors (Lipinski definition) is 12. The number of carbonyl (C=O) groups excluding carboxylic acids is 6. The lowest BCUT2D eigenvalue weighted by Gasteiger charge is -2.36. The lowest BCUT2D eigenvalue weighted by atomic mass is 9.80. The van der Waals surface area contributed by atoms with E-state index in [1.54, 1.807) is 125 Å². The summed E-state index contributed by atoms with van der Waals surface area (Å²) in [5.74, 6) is -11.6. The maximum absolute atomic E-state index is 16.9. The van der Waals surface area contributed by atoms with Crippen molar-refractivity contribution in [2.24, 2.45) is 0 Å². The summed E-state index contributed by atoms with van der Waals surface area (Å²) in [5, 5.41) is 2.41. The summed E-state index contributed by atoms with van der Waals surface area (Å²) in [6.45, 7) is 22.3. The van der Waals surface area contributed by atoms with Gasteiger partial charge in [-0.1, -0.05) is 152 Å². The second-order valence-electron chi connectivity index (χ2n) is 34.1. The first kappa shape index (κ1) is 86.5. The standard InChI is InChI=1S/C100H80F12N4O12/c1-45(2)55-23-29-69(49(9)33-55)123-77-41-63-81-64(92(120)115(91(63)119)67(89(117)113-95(97(101,102)103)98(104,105)106)39-53-21-27-75-61(37-53)59-17-13-15-19-73(59)127-75)43-79(125-71-31-25-57(47(5)6)35-51(71)11)85-86-80(126-72-32-26-58(48(7)8)36-52(72)12)44-66-82-65(42-78(84(88(82)86)83(77)87(81)85)124-70-30-24-56(46(3)4)34-50(70)10)93(121)116(94(66)122)68(90(118)114-96(99(107,108)109)100(110,111)112)40-54-22-28-76-62(38-54)60-18-14-16-20-74(60)128-76/h13-38,41-48,67-68,95-96H,39-40H2,1-12H3,(H,113,117)(H,114,118). The largest absolute Gasteiger partial charge is 0.456 e. The van der Waals surface area contributed by atoms with Crippen LogP contribution in [0.15, 0.2) is 191 Å². The van der Waals surface area contributed by atoms with Gasteiger partial charge in [0, 0.05) is 77.5 Å². The van der Waals surface area contributed by atoms with Crippen molar-refractivity contribution in [1.29, 1.82) is 0 Å². The molecule has 0 aliphatic carbocycles. The van der Waals surface area contributed by atoms with Gasteiger partial charge in [0.2, 0.25) is 23.9 Å². The Balaban J connectivity index is 1.02. The SMILES string of the molecule is Cc1cc(C(C)C)ccc1Oc1cc2c3c(cc(Oc4ccc(C(C)C)cc4C)c4c5c(Oc6ccc(C(C)C)cc6C)cc6c7c(cc(Oc8ccc(C(C)C)cc8C)c(c1c34)c75)C(=O)N(C(Cc1ccc3oc4ccccc4c3c1)C(=O)NC(C(F)(F)F)C(F)(F)F)C6=O)C(=O)N(C(Cc1ccc3oc4ccccc4c3c1)C(=O)NC(C(F)(F)F)C(F)(F)F)C2=O. The number of rotatable bonds is 22. The van der Waals surface area contributed by atoms with Gasteiger partial charge in [-0.2, -0.15) is 52.7 Å². The summed E-state index contributed by atoms with van der Waals surface area (Å²) in [6.07, 6.45) is -26.8. The number of amides is 6. The molecule has 0 bridgehead atoms. The van der Waals surface area contributed by atoms with Crippen molar-refractivity contribution in [3.8, 4) is 46.0 Å². The van der Waals surface area contributed by atoms with Gasteiger partial charge in [0.1, 0.15) is 80.4 Å². The number of imide groups is 2. The molecule has 16 nitrogen and oxygen atoms in total. The average molecular weight is 1760 g/mol.